The summed E-state index contributed by atoms with van der Waals surface area (Å²) in [6, 6.07) is 1.74. The summed E-state index contributed by atoms with van der Waals surface area (Å²) in [5.74, 6) is -0.0919. The molecule has 0 unspecified atom stereocenters. The maximum atomic E-state index is 12.5. The lowest BCUT2D eigenvalue weighted by atomic mass is 9.90. The van der Waals surface area contributed by atoms with E-state index in [1.54, 1.807) is 35.9 Å². The Balaban J connectivity index is 1.56. The van der Waals surface area contributed by atoms with Crippen molar-refractivity contribution in [2.24, 2.45) is 18.9 Å². The number of aryl methyl sites for hydroxylation is 1. The zero-order valence-electron chi connectivity index (χ0n) is 13.6. The molecule has 0 spiro atoms. The lowest BCUT2D eigenvalue weighted by Crippen LogP contribution is -2.43. The molecule has 7 nitrogen and oxygen atoms in total. The molecule has 2 aliphatic heterocycles. The fraction of sp³-hybridized carbons (Fsp3) is 0.625. The van der Waals surface area contributed by atoms with Crippen molar-refractivity contribution in [3.05, 3.63) is 18.0 Å². The summed E-state index contributed by atoms with van der Waals surface area (Å²) < 4.78 is 1.60. The van der Waals surface area contributed by atoms with Crippen LogP contribution in [0, 0.1) is 11.8 Å². The number of carbonyl (C=O) groups is 3. The van der Waals surface area contributed by atoms with E-state index in [4.69, 9.17) is 0 Å². The van der Waals surface area contributed by atoms with Gasteiger partial charge in [-0.05, 0) is 18.9 Å². The van der Waals surface area contributed by atoms with Gasteiger partial charge in [-0.25, -0.2) is 0 Å². The number of hydrogen-bond donors (Lipinski definition) is 0. The molecule has 2 fully saturated rings. The second-order valence-corrected chi connectivity index (χ2v) is 6.48. The molecule has 124 valence electrons. The molecule has 23 heavy (non-hydrogen) atoms. The number of piperidine rings is 1. The van der Waals surface area contributed by atoms with E-state index < -0.39 is 0 Å². The molecule has 7 heteroatoms. The summed E-state index contributed by atoms with van der Waals surface area (Å²) in [5.41, 5.74) is 0.623. The fourth-order valence-corrected chi connectivity index (χ4v) is 3.47. The molecule has 0 aromatic carbocycles. The van der Waals surface area contributed by atoms with Crippen LogP contribution in [0.15, 0.2) is 12.3 Å². The molecule has 0 saturated carbocycles. The molecule has 1 aromatic heterocycles. The van der Waals surface area contributed by atoms with Crippen LogP contribution in [-0.4, -0.2) is 63.9 Å². The van der Waals surface area contributed by atoms with E-state index in [0.717, 1.165) is 0 Å². The summed E-state index contributed by atoms with van der Waals surface area (Å²) in [4.78, 5) is 40.0. The monoisotopic (exact) mass is 318 g/mol. The summed E-state index contributed by atoms with van der Waals surface area (Å²) in [6.07, 6.45) is 3.28. The molecule has 0 aliphatic carbocycles. The molecule has 3 heterocycles. The fourth-order valence-electron chi connectivity index (χ4n) is 3.47. The molecule has 2 saturated heterocycles. The van der Waals surface area contributed by atoms with E-state index in [2.05, 4.69) is 5.10 Å². The molecule has 0 N–H and O–H groups in total. The average Bonchev–Trinajstić information content (AvgIpc) is 3.12. The van der Waals surface area contributed by atoms with Gasteiger partial charge in [-0.1, -0.05) is 0 Å². The van der Waals surface area contributed by atoms with E-state index in [1.165, 1.54) is 0 Å². The third-order valence-electron chi connectivity index (χ3n) is 4.94. The van der Waals surface area contributed by atoms with Crippen molar-refractivity contribution in [3.8, 4) is 0 Å². The molecule has 1 aromatic rings. The van der Waals surface area contributed by atoms with E-state index in [0.29, 0.717) is 44.6 Å². The van der Waals surface area contributed by atoms with E-state index in [-0.39, 0.29) is 29.4 Å². The molecule has 2 amide bonds. The minimum atomic E-state index is -0.225. The quantitative estimate of drug-likeness (QED) is 0.752. The highest BCUT2D eigenvalue weighted by Crippen LogP contribution is 2.25. The molecule has 2 aliphatic rings. The Labute approximate surface area is 135 Å². The number of likely N-dealkylation sites (tertiary alicyclic amines) is 2. The van der Waals surface area contributed by atoms with Crippen LogP contribution < -0.4 is 0 Å². The highest BCUT2D eigenvalue weighted by molar-refractivity contribution is 5.96. The standard InChI is InChI=1S/C16H22N4O3/c1-18-10-12(9-14(18)21)16(23)20-7-4-11(5-8-20)15(22)13-3-6-17-19(13)2/h3,6,11-12H,4-5,7-10H2,1-2H3/t12-/m1/s1. The lowest BCUT2D eigenvalue weighted by Gasteiger charge is -2.32. The van der Waals surface area contributed by atoms with Gasteiger partial charge in [0.15, 0.2) is 5.78 Å². The highest BCUT2D eigenvalue weighted by Gasteiger charge is 2.37. The number of nitrogens with zero attached hydrogens (tertiary/aromatic N) is 4. The van der Waals surface area contributed by atoms with Crippen molar-refractivity contribution >= 4 is 17.6 Å². The van der Waals surface area contributed by atoms with Crippen LogP contribution in [0.25, 0.3) is 0 Å². The van der Waals surface area contributed by atoms with Crippen LogP contribution >= 0.6 is 0 Å². The van der Waals surface area contributed by atoms with Crippen LogP contribution in [0.2, 0.25) is 0 Å². The second kappa shape index (κ2) is 6.14. The number of hydrogen-bond acceptors (Lipinski definition) is 4. The number of ketones is 1. The largest absolute Gasteiger partial charge is 0.345 e. The second-order valence-electron chi connectivity index (χ2n) is 6.48. The zero-order chi connectivity index (χ0) is 16.6. The molecular formula is C16H22N4O3. The Kier molecular flexibility index (Phi) is 4.19. The normalized spacial score (nSPS) is 22.7. The van der Waals surface area contributed by atoms with Crippen molar-refractivity contribution in [1.82, 2.24) is 19.6 Å². The predicted octanol–water partition coefficient (Wildman–Crippen LogP) is 0.320. The third kappa shape index (κ3) is 3.00. The van der Waals surface area contributed by atoms with E-state index in [9.17, 15) is 14.4 Å². The lowest BCUT2D eigenvalue weighted by molar-refractivity contribution is -0.137. The Morgan fingerprint density at radius 2 is 1.87 bits per heavy atom. The molecular weight excluding hydrogens is 296 g/mol. The predicted molar refractivity (Wildman–Crippen MR) is 82.6 cm³/mol. The van der Waals surface area contributed by atoms with Gasteiger partial charge in [0.1, 0.15) is 5.69 Å². The van der Waals surface area contributed by atoms with Crippen molar-refractivity contribution < 1.29 is 14.4 Å². The Morgan fingerprint density at radius 1 is 1.17 bits per heavy atom. The van der Waals surface area contributed by atoms with Crippen molar-refractivity contribution in [3.63, 3.8) is 0 Å². The van der Waals surface area contributed by atoms with Crippen LogP contribution in [0.4, 0.5) is 0 Å². The topological polar surface area (TPSA) is 75.5 Å². The maximum absolute atomic E-state index is 12.5. The minimum absolute atomic E-state index is 0.0321. The summed E-state index contributed by atoms with van der Waals surface area (Å²) in [6.45, 7) is 1.68. The zero-order valence-corrected chi connectivity index (χ0v) is 13.6. The van der Waals surface area contributed by atoms with Crippen molar-refractivity contribution in [1.29, 1.82) is 0 Å². The maximum Gasteiger partial charge on any atom is 0.227 e. The Bertz CT molecular complexity index is 631. The number of amides is 2. The minimum Gasteiger partial charge on any atom is -0.345 e. The van der Waals surface area contributed by atoms with Crippen LogP contribution in [-0.2, 0) is 16.6 Å². The Morgan fingerprint density at radius 3 is 2.39 bits per heavy atom. The van der Waals surface area contributed by atoms with Gasteiger partial charge in [-0.2, -0.15) is 5.10 Å². The summed E-state index contributed by atoms with van der Waals surface area (Å²) in [7, 11) is 3.49. The van der Waals surface area contributed by atoms with Crippen LogP contribution in [0.5, 0.6) is 0 Å². The van der Waals surface area contributed by atoms with E-state index >= 15 is 0 Å². The van der Waals surface area contributed by atoms with Gasteiger partial charge in [-0.15, -0.1) is 0 Å². The van der Waals surface area contributed by atoms with Gasteiger partial charge in [0, 0.05) is 52.3 Å². The summed E-state index contributed by atoms with van der Waals surface area (Å²) >= 11 is 0. The highest BCUT2D eigenvalue weighted by atomic mass is 16.2. The number of rotatable bonds is 3. The number of carbonyl (C=O) groups excluding carboxylic acids is 3. The van der Waals surface area contributed by atoms with Crippen molar-refractivity contribution in [2.75, 3.05) is 26.7 Å². The van der Waals surface area contributed by atoms with Gasteiger partial charge < -0.3 is 9.80 Å². The van der Waals surface area contributed by atoms with Crippen LogP contribution in [0.3, 0.4) is 0 Å². The smallest absolute Gasteiger partial charge is 0.227 e. The first-order chi connectivity index (χ1) is 11.0. The molecule has 3 rings (SSSR count). The first-order valence-corrected chi connectivity index (χ1v) is 8.02. The molecule has 1 atom stereocenters. The summed E-state index contributed by atoms with van der Waals surface area (Å²) in [5, 5.41) is 4.04. The Hall–Kier alpha value is -2.18. The van der Waals surface area contributed by atoms with Crippen molar-refractivity contribution in [2.45, 2.75) is 19.3 Å². The van der Waals surface area contributed by atoms with Crippen LogP contribution in [0.1, 0.15) is 29.8 Å². The van der Waals surface area contributed by atoms with Gasteiger partial charge in [0.05, 0.1) is 5.92 Å². The molecule has 0 radical (unpaired) electrons. The average molecular weight is 318 g/mol. The van der Waals surface area contributed by atoms with E-state index in [1.807, 2.05) is 4.90 Å². The first kappa shape index (κ1) is 15.7. The van der Waals surface area contributed by atoms with Gasteiger partial charge in [0.25, 0.3) is 0 Å². The number of Topliss-reactive ketones (excluding diaryl/α,β-unsaturated/α-hetero) is 1. The SMILES string of the molecule is CN1C[C@H](C(=O)N2CCC(C(=O)c3ccnn3C)CC2)CC1=O. The van der Waals surface area contributed by atoms with Gasteiger partial charge in [-0.3, -0.25) is 19.1 Å². The van der Waals surface area contributed by atoms with Gasteiger partial charge in [0.2, 0.25) is 11.8 Å². The first-order valence-electron chi connectivity index (χ1n) is 8.02. The third-order valence-corrected chi connectivity index (χ3v) is 4.94. The van der Waals surface area contributed by atoms with Gasteiger partial charge >= 0.3 is 0 Å². The molecule has 0 bridgehead atoms. The number of aromatic nitrogens is 2.